The van der Waals surface area contributed by atoms with E-state index in [0.717, 1.165) is 28.7 Å². The van der Waals surface area contributed by atoms with E-state index >= 15 is 0 Å². The van der Waals surface area contributed by atoms with Gasteiger partial charge in [0.2, 0.25) is 0 Å². The van der Waals surface area contributed by atoms with Crippen molar-refractivity contribution in [1.29, 1.82) is 0 Å². The first-order valence-electron chi connectivity index (χ1n) is 4.98. The molecule has 0 bridgehead atoms. The predicted molar refractivity (Wildman–Crippen MR) is 62.5 cm³/mol. The third-order valence-electron chi connectivity index (χ3n) is 2.61. The minimum absolute atomic E-state index is 0.153. The third-order valence-corrected chi connectivity index (χ3v) is 3.04. The number of rotatable bonds is 3. The Morgan fingerprint density at radius 2 is 2.33 bits per heavy atom. The van der Waals surface area contributed by atoms with Crippen LogP contribution in [0.15, 0.2) is 16.7 Å². The summed E-state index contributed by atoms with van der Waals surface area (Å²) in [6, 6.07) is 2.30. The maximum absolute atomic E-state index is 9.17. The fraction of sp³-hybridized carbons (Fsp3) is 0.500. The van der Waals surface area contributed by atoms with Crippen molar-refractivity contribution in [3.05, 3.63) is 22.3 Å². The normalized spacial score (nSPS) is 24.7. The first kappa shape index (κ1) is 10.9. The molecule has 0 radical (unpaired) electrons. The van der Waals surface area contributed by atoms with Gasteiger partial charge in [-0.25, -0.2) is 4.98 Å². The van der Waals surface area contributed by atoms with E-state index in [0.29, 0.717) is 12.6 Å². The molecule has 1 saturated carbocycles. The highest BCUT2D eigenvalue weighted by Gasteiger charge is 2.27. The van der Waals surface area contributed by atoms with Crippen molar-refractivity contribution in [2.45, 2.75) is 31.5 Å². The van der Waals surface area contributed by atoms with Crippen molar-refractivity contribution in [1.82, 2.24) is 4.98 Å². The fourth-order valence-corrected chi connectivity index (χ4v) is 2.04. The van der Waals surface area contributed by atoms with E-state index < -0.39 is 0 Å². The topological polar surface area (TPSA) is 71.2 Å². The molecule has 0 unspecified atom stereocenters. The number of nitrogens with two attached hydrogens (primary N) is 1. The molecule has 1 aromatic heterocycles. The van der Waals surface area contributed by atoms with E-state index in [9.17, 15) is 5.11 Å². The van der Waals surface area contributed by atoms with Gasteiger partial charge in [-0.1, -0.05) is 0 Å². The van der Waals surface area contributed by atoms with Crippen LogP contribution in [0.5, 0.6) is 0 Å². The molecule has 4 nitrogen and oxygen atoms in total. The molecule has 1 aliphatic carbocycles. The van der Waals surface area contributed by atoms with Gasteiger partial charge in [0.1, 0.15) is 5.82 Å². The number of hydrogen-bond donors (Lipinski definition) is 3. The highest BCUT2D eigenvalue weighted by Crippen LogP contribution is 2.25. The van der Waals surface area contributed by atoms with E-state index in [2.05, 4.69) is 26.2 Å². The quantitative estimate of drug-likeness (QED) is 0.774. The van der Waals surface area contributed by atoms with Crippen molar-refractivity contribution in [2.75, 3.05) is 5.32 Å². The zero-order chi connectivity index (χ0) is 10.8. The SMILES string of the molecule is NCc1cc(Br)cnc1N[C@H]1C[C@@H](O)C1. The number of anilines is 1. The number of hydrogen-bond acceptors (Lipinski definition) is 4. The zero-order valence-corrected chi connectivity index (χ0v) is 9.87. The third kappa shape index (κ3) is 2.48. The minimum atomic E-state index is -0.153. The molecule has 0 spiro atoms. The molecule has 0 aliphatic heterocycles. The Hall–Kier alpha value is -0.650. The second-order valence-corrected chi connectivity index (χ2v) is 4.75. The second kappa shape index (κ2) is 4.47. The average molecular weight is 272 g/mol. The summed E-state index contributed by atoms with van der Waals surface area (Å²) in [5.41, 5.74) is 6.62. The number of halogens is 1. The van der Waals surface area contributed by atoms with Gasteiger partial charge in [-0.2, -0.15) is 0 Å². The van der Waals surface area contributed by atoms with Gasteiger partial charge in [-0.3, -0.25) is 0 Å². The van der Waals surface area contributed by atoms with E-state index in [4.69, 9.17) is 5.73 Å². The van der Waals surface area contributed by atoms with Gasteiger partial charge < -0.3 is 16.2 Å². The number of nitrogens with zero attached hydrogens (tertiary/aromatic N) is 1. The molecule has 0 aromatic carbocycles. The summed E-state index contributed by atoms with van der Waals surface area (Å²) in [5, 5.41) is 12.5. The number of aromatic nitrogens is 1. The number of pyridine rings is 1. The lowest BCUT2D eigenvalue weighted by atomic mass is 9.89. The van der Waals surface area contributed by atoms with E-state index in [-0.39, 0.29) is 6.10 Å². The summed E-state index contributed by atoms with van der Waals surface area (Å²) in [4.78, 5) is 4.28. The Morgan fingerprint density at radius 3 is 2.93 bits per heavy atom. The van der Waals surface area contributed by atoms with Crippen LogP contribution in [-0.2, 0) is 6.54 Å². The molecule has 1 fully saturated rings. The second-order valence-electron chi connectivity index (χ2n) is 3.83. The Kier molecular flexibility index (Phi) is 3.23. The van der Waals surface area contributed by atoms with E-state index in [1.54, 1.807) is 6.20 Å². The maximum Gasteiger partial charge on any atom is 0.130 e. The number of aliphatic hydroxyl groups is 1. The minimum Gasteiger partial charge on any atom is -0.393 e. The van der Waals surface area contributed by atoms with Gasteiger partial charge in [0.15, 0.2) is 0 Å². The highest BCUT2D eigenvalue weighted by molar-refractivity contribution is 9.10. The Balaban J connectivity index is 2.07. The summed E-state index contributed by atoms with van der Waals surface area (Å²) in [6.45, 7) is 0.462. The summed E-state index contributed by atoms with van der Waals surface area (Å²) in [5.74, 6) is 0.831. The van der Waals surface area contributed by atoms with Crippen molar-refractivity contribution in [2.24, 2.45) is 5.73 Å². The number of nitrogens with one attached hydrogen (secondary N) is 1. The lowest BCUT2D eigenvalue weighted by molar-refractivity contribution is 0.0835. The largest absolute Gasteiger partial charge is 0.393 e. The fourth-order valence-electron chi connectivity index (χ4n) is 1.67. The molecule has 15 heavy (non-hydrogen) atoms. The van der Waals surface area contributed by atoms with Crippen LogP contribution in [0.2, 0.25) is 0 Å². The maximum atomic E-state index is 9.17. The van der Waals surface area contributed by atoms with Gasteiger partial charge in [0.05, 0.1) is 6.10 Å². The van der Waals surface area contributed by atoms with Gasteiger partial charge in [0, 0.05) is 28.8 Å². The zero-order valence-electron chi connectivity index (χ0n) is 8.28. The molecular formula is C10H14BrN3O. The first-order chi connectivity index (χ1) is 7.19. The molecule has 82 valence electrons. The summed E-state index contributed by atoms with van der Waals surface area (Å²) >= 11 is 3.36. The summed E-state index contributed by atoms with van der Waals surface area (Å²) in [6.07, 6.45) is 3.18. The van der Waals surface area contributed by atoms with Crippen molar-refractivity contribution in [3.8, 4) is 0 Å². The van der Waals surface area contributed by atoms with Crippen molar-refractivity contribution >= 4 is 21.7 Å². The average Bonchev–Trinajstić information content (AvgIpc) is 2.18. The Labute approximate surface area is 97.0 Å². The lowest BCUT2D eigenvalue weighted by Gasteiger charge is -2.32. The Bertz CT molecular complexity index is 353. The molecular weight excluding hydrogens is 258 g/mol. The van der Waals surface area contributed by atoms with Gasteiger partial charge >= 0.3 is 0 Å². The standard InChI is InChI=1S/C10H14BrN3O/c11-7-1-6(4-12)10(13-5-7)14-8-2-9(15)3-8/h1,5,8-9,15H,2-4,12H2,(H,13,14)/t8-,9+. The summed E-state index contributed by atoms with van der Waals surface area (Å²) in [7, 11) is 0. The molecule has 5 heteroatoms. The van der Waals surface area contributed by atoms with Crippen molar-refractivity contribution in [3.63, 3.8) is 0 Å². The summed E-state index contributed by atoms with van der Waals surface area (Å²) < 4.78 is 0.933. The highest BCUT2D eigenvalue weighted by atomic mass is 79.9. The molecule has 1 aliphatic rings. The van der Waals surface area contributed by atoms with Crippen LogP contribution >= 0.6 is 15.9 Å². The lowest BCUT2D eigenvalue weighted by Crippen LogP contribution is -2.39. The van der Waals surface area contributed by atoms with Crippen LogP contribution in [0.1, 0.15) is 18.4 Å². The van der Waals surface area contributed by atoms with Crippen LogP contribution in [0.3, 0.4) is 0 Å². The van der Waals surface area contributed by atoms with Gasteiger partial charge in [-0.05, 0) is 34.8 Å². The van der Waals surface area contributed by atoms with Gasteiger partial charge in [0.25, 0.3) is 0 Å². The number of aliphatic hydroxyl groups excluding tert-OH is 1. The smallest absolute Gasteiger partial charge is 0.130 e. The van der Waals surface area contributed by atoms with E-state index in [1.807, 2.05) is 6.07 Å². The molecule has 0 saturated heterocycles. The molecule has 1 heterocycles. The van der Waals surface area contributed by atoms with E-state index in [1.165, 1.54) is 0 Å². The first-order valence-corrected chi connectivity index (χ1v) is 5.77. The monoisotopic (exact) mass is 271 g/mol. The predicted octanol–water partition coefficient (Wildman–Crippen LogP) is 1.24. The van der Waals surface area contributed by atoms with Crippen LogP contribution in [0.25, 0.3) is 0 Å². The van der Waals surface area contributed by atoms with Crippen LogP contribution < -0.4 is 11.1 Å². The van der Waals surface area contributed by atoms with Crippen LogP contribution in [-0.4, -0.2) is 22.2 Å². The molecule has 0 amide bonds. The molecule has 0 atom stereocenters. The van der Waals surface area contributed by atoms with Crippen LogP contribution in [0, 0.1) is 0 Å². The van der Waals surface area contributed by atoms with Crippen LogP contribution in [0.4, 0.5) is 5.82 Å². The molecule has 2 rings (SSSR count). The van der Waals surface area contributed by atoms with Crippen molar-refractivity contribution < 1.29 is 5.11 Å². The molecule has 1 aromatic rings. The Morgan fingerprint density at radius 1 is 1.60 bits per heavy atom. The molecule has 4 N–H and O–H groups in total. The van der Waals surface area contributed by atoms with Gasteiger partial charge in [-0.15, -0.1) is 0 Å².